The highest BCUT2D eigenvalue weighted by atomic mass is 35.5. The molecule has 3 rings (SSSR count). The molecule has 1 saturated heterocycles. The zero-order valence-corrected chi connectivity index (χ0v) is 13.9. The molecule has 1 atom stereocenters. The summed E-state index contributed by atoms with van der Waals surface area (Å²) in [5, 5.41) is 8.84. The Morgan fingerprint density at radius 3 is 2.61 bits per heavy atom. The highest BCUT2D eigenvalue weighted by Gasteiger charge is 2.18. The van der Waals surface area contributed by atoms with Crippen LogP contribution in [-0.4, -0.2) is 25.3 Å². The fraction of sp³-hybridized carbons (Fsp3) is 0.389. The van der Waals surface area contributed by atoms with Gasteiger partial charge in [-0.25, -0.2) is 4.79 Å². The second-order valence-corrected chi connectivity index (χ2v) is 6.32. The van der Waals surface area contributed by atoms with Gasteiger partial charge in [0.25, 0.3) is 0 Å². The Bertz CT molecular complexity index is 698. The van der Waals surface area contributed by atoms with E-state index in [0.29, 0.717) is 13.2 Å². The molecular weight excluding hydrogens is 312 g/mol. The van der Waals surface area contributed by atoms with E-state index in [2.05, 4.69) is 10.6 Å². The largest absolute Gasteiger partial charge is 0.381 e. The first-order valence-corrected chi connectivity index (χ1v) is 8.35. The molecule has 0 spiro atoms. The van der Waals surface area contributed by atoms with E-state index in [1.165, 1.54) is 0 Å². The Balaban J connectivity index is 1.71. The minimum atomic E-state index is -0.136. The molecule has 23 heavy (non-hydrogen) atoms. The molecule has 2 aromatic carbocycles. The Morgan fingerprint density at radius 1 is 1.17 bits per heavy atom. The van der Waals surface area contributed by atoms with Crippen LogP contribution >= 0.6 is 11.6 Å². The van der Waals surface area contributed by atoms with Crippen molar-refractivity contribution in [1.82, 2.24) is 10.6 Å². The fourth-order valence-corrected chi connectivity index (χ4v) is 3.23. The summed E-state index contributed by atoms with van der Waals surface area (Å²) in [6, 6.07) is 11.8. The van der Waals surface area contributed by atoms with Crippen LogP contribution in [0, 0.1) is 0 Å². The van der Waals surface area contributed by atoms with E-state index in [9.17, 15) is 4.79 Å². The predicted molar refractivity (Wildman–Crippen MR) is 92.9 cm³/mol. The first-order chi connectivity index (χ1) is 11.1. The summed E-state index contributed by atoms with van der Waals surface area (Å²) in [4.78, 5) is 12.2. The molecule has 2 aromatic rings. The summed E-state index contributed by atoms with van der Waals surface area (Å²) in [5.74, 6) is 0. The average molecular weight is 333 g/mol. The van der Waals surface area contributed by atoms with Crippen LogP contribution < -0.4 is 10.6 Å². The molecule has 122 valence electrons. The lowest BCUT2D eigenvalue weighted by Crippen LogP contribution is -2.45. The quantitative estimate of drug-likeness (QED) is 0.891. The smallest absolute Gasteiger partial charge is 0.315 e. The topological polar surface area (TPSA) is 50.4 Å². The van der Waals surface area contributed by atoms with Gasteiger partial charge in [-0.3, -0.25) is 0 Å². The van der Waals surface area contributed by atoms with Crippen LogP contribution in [0.1, 0.15) is 31.4 Å². The highest BCUT2D eigenvalue weighted by molar-refractivity contribution is 6.35. The van der Waals surface area contributed by atoms with Gasteiger partial charge in [0, 0.05) is 29.7 Å². The molecule has 2 amide bonds. The third kappa shape index (κ3) is 3.77. The third-order valence-corrected chi connectivity index (χ3v) is 4.60. The summed E-state index contributed by atoms with van der Waals surface area (Å²) >= 11 is 6.26. The molecular formula is C18H21ClN2O2. The Morgan fingerprint density at radius 2 is 1.87 bits per heavy atom. The van der Waals surface area contributed by atoms with Crippen molar-refractivity contribution in [1.29, 1.82) is 0 Å². The second-order valence-electron chi connectivity index (χ2n) is 5.91. The molecule has 1 heterocycles. The summed E-state index contributed by atoms with van der Waals surface area (Å²) in [5.41, 5.74) is 1.06. The molecule has 4 nitrogen and oxygen atoms in total. The highest BCUT2D eigenvalue weighted by Crippen LogP contribution is 2.29. The number of nitrogens with one attached hydrogen (secondary N) is 2. The lowest BCUT2D eigenvalue weighted by atomic mass is 9.99. The number of halogens is 1. The SMILES string of the molecule is CC(NC(=O)NC1CCOCC1)c1ccc(Cl)c2ccccc12. The van der Waals surface area contributed by atoms with Crippen LogP contribution in [0.25, 0.3) is 10.8 Å². The van der Waals surface area contributed by atoms with E-state index in [1.54, 1.807) is 0 Å². The number of amides is 2. The molecule has 5 heteroatoms. The van der Waals surface area contributed by atoms with Crippen molar-refractivity contribution in [2.45, 2.75) is 31.8 Å². The van der Waals surface area contributed by atoms with Crippen LogP contribution in [0.15, 0.2) is 36.4 Å². The molecule has 1 aliphatic rings. The van der Waals surface area contributed by atoms with E-state index in [-0.39, 0.29) is 18.1 Å². The first-order valence-electron chi connectivity index (χ1n) is 7.97. The Kier molecular flexibility index (Phi) is 5.03. The molecule has 1 fully saturated rings. The number of hydrogen-bond acceptors (Lipinski definition) is 2. The number of ether oxygens (including phenoxy) is 1. The van der Waals surface area contributed by atoms with Gasteiger partial charge >= 0.3 is 6.03 Å². The molecule has 2 N–H and O–H groups in total. The van der Waals surface area contributed by atoms with E-state index >= 15 is 0 Å². The van der Waals surface area contributed by atoms with E-state index in [1.807, 2.05) is 43.3 Å². The minimum Gasteiger partial charge on any atom is -0.381 e. The summed E-state index contributed by atoms with van der Waals surface area (Å²) in [6.45, 7) is 3.41. The molecule has 0 saturated carbocycles. The number of hydrogen-bond donors (Lipinski definition) is 2. The summed E-state index contributed by atoms with van der Waals surface area (Å²) in [7, 11) is 0. The van der Waals surface area contributed by atoms with Crippen molar-refractivity contribution in [3.05, 3.63) is 47.0 Å². The number of rotatable bonds is 3. The number of fused-ring (bicyclic) bond motifs is 1. The van der Waals surface area contributed by atoms with Gasteiger partial charge in [0.15, 0.2) is 0 Å². The minimum absolute atomic E-state index is 0.1000. The first kappa shape index (κ1) is 16.1. The van der Waals surface area contributed by atoms with E-state index in [4.69, 9.17) is 16.3 Å². The number of benzene rings is 2. The lowest BCUT2D eigenvalue weighted by molar-refractivity contribution is 0.0800. The standard InChI is InChI=1S/C18H21ClN2O2/c1-12(20-18(22)21-13-8-10-23-11-9-13)14-6-7-17(19)16-5-3-2-4-15(14)16/h2-7,12-13H,8-11H2,1H3,(H2,20,21,22). The molecule has 0 aromatic heterocycles. The van der Waals surface area contributed by atoms with Gasteiger partial charge in [-0.2, -0.15) is 0 Å². The Labute approximate surface area is 141 Å². The number of urea groups is 1. The predicted octanol–water partition coefficient (Wildman–Crippen LogP) is 4.03. The van der Waals surface area contributed by atoms with Crippen molar-refractivity contribution < 1.29 is 9.53 Å². The van der Waals surface area contributed by atoms with Gasteiger partial charge in [-0.05, 0) is 36.8 Å². The maximum atomic E-state index is 12.2. The molecule has 0 aliphatic carbocycles. The van der Waals surface area contributed by atoms with Gasteiger partial charge in [0.05, 0.1) is 6.04 Å². The molecule has 1 aliphatic heterocycles. The van der Waals surface area contributed by atoms with Crippen LogP contribution in [-0.2, 0) is 4.74 Å². The van der Waals surface area contributed by atoms with Crippen molar-refractivity contribution >= 4 is 28.4 Å². The normalized spacial score (nSPS) is 17.0. The molecule has 1 unspecified atom stereocenters. The van der Waals surface area contributed by atoms with Crippen molar-refractivity contribution in [2.24, 2.45) is 0 Å². The van der Waals surface area contributed by atoms with Gasteiger partial charge in [-0.1, -0.05) is 41.9 Å². The van der Waals surface area contributed by atoms with Crippen molar-refractivity contribution in [3.63, 3.8) is 0 Å². The van der Waals surface area contributed by atoms with Crippen LogP contribution in [0.3, 0.4) is 0 Å². The third-order valence-electron chi connectivity index (χ3n) is 4.28. The van der Waals surface area contributed by atoms with Gasteiger partial charge < -0.3 is 15.4 Å². The Hall–Kier alpha value is -1.78. The van der Waals surface area contributed by atoms with Crippen LogP contribution in [0.2, 0.25) is 5.02 Å². The number of carbonyl (C=O) groups is 1. The summed E-state index contributed by atoms with van der Waals surface area (Å²) in [6.07, 6.45) is 1.73. The molecule has 0 bridgehead atoms. The summed E-state index contributed by atoms with van der Waals surface area (Å²) < 4.78 is 5.31. The maximum Gasteiger partial charge on any atom is 0.315 e. The van der Waals surface area contributed by atoms with Crippen LogP contribution in [0.5, 0.6) is 0 Å². The van der Waals surface area contributed by atoms with Crippen molar-refractivity contribution in [3.8, 4) is 0 Å². The van der Waals surface area contributed by atoms with Crippen molar-refractivity contribution in [2.75, 3.05) is 13.2 Å². The number of carbonyl (C=O) groups excluding carboxylic acids is 1. The molecule has 0 radical (unpaired) electrons. The van der Waals surface area contributed by atoms with E-state index < -0.39 is 0 Å². The van der Waals surface area contributed by atoms with Gasteiger partial charge in [-0.15, -0.1) is 0 Å². The zero-order valence-electron chi connectivity index (χ0n) is 13.1. The van der Waals surface area contributed by atoms with Gasteiger partial charge in [0.2, 0.25) is 0 Å². The van der Waals surface area contributed by atoms with Crippen LogP contribution in [0.4, 0.5) is 4.79 Å². The van der Waals surface area contributed by atoms with Gasteiger partial charge in [0.1, 0.15) is 0 Å². The van der Waals surface area contributed by atoms with E-state index in [0.717, 1.165) is 34.2 Å². The fourth-order valence-electron chi connectivity index (χ4n) is 3.01. The monoisotopic (exact) mass is 332 g/mol. The second kappa shape index (κ2) is 7.20. The lowest BCUT2D eigenvalue weighted by Gasteiger charge is -2.24. The average Bonchev–Trinajstić information content (AvgIpc) is 2.56. The maximum absolute atomic E-state index is 12.2. The zero-order chi connectivity index (χ0) is 16.2.